The standard InChI is InChI=1S/C19H25N3O2/c1-14(2)17(9-11-23)22-19(24)16-7-3-4-8-18(16)21-13-15-6-5-10-20-12-15/h3-8,10,12,14,17,21,23H,9,11,13H2,1-2H3,(H,22,24). The van der Waals surface area contributed by atoms with E-state index in [1.807, 2.05) is 44.2 Å². The predicted molar refractivity (Wildman–Crippen MR) is 95.8 cm³/mol. The van der Waals surface area contributed by atoms with Gasteiger partial charge < -0.3 is 15.7 Å². The molecular weight excluding hydrogens is 302 g/mol. The maximum Gasteiger partial charge on any atom is 0.253 e. The smallest absolute Gasteiger partial charge is 0.253 e. The number of hydrogen-bond acceptors (Lipinski definition) is 4. The lowest BCUT2D eigenvalue weighted by Gasteiger charge is -2.22. The van der Waals surface area contributed by atoms with Gasteiger partial charge in [0.1, 0.15) is 0 Å². The summed E-state index contributed by atoms with van der Waals surface area (Å²) in [5.41, 5.74) is 2.43. The first-order valence-electron chi connectivity index (χ1n) is 8.25. The van der Waals surface area contributed by atoms with Gasteiger partial charge in [-0.25, -0.2) is 0 Å². The minimum atomic E-state index is -0.128. The van der Waals surface area contributed by atoms with Crippen LogP contribution in [-0.4, -0.2) is 28.6 Å². The van der Waals surface area contributed by atoms with Crippen LogP contribution in [0.15, 0.2) is 48.8 Å². The number of carbonyl (C=O) groups is 1. The number of nitrogens with zero attached hydrogens (tertiary/aromatic N) is 1. The molecule has 2 aromatic rings. The Morgan fingerprint density at radius 2 is 2.00 bits per heavy atom. The number of nitrogens with one attached hydrogen (secondary N) is 2. The summed E-state index contributed by atoms with van der Waals surface area (Å²) in [5, 5.41) is 15.5. The highest BCUT2D eigenvalue weighted by Crippen LogP contribution is 2.17. The van der Waals surface area contributed by atoms with E-state index in [1.165, 1.54) is 0 Å². The molecule has 1 atom stereocenters. The van der Waals surface area contributed by atoms with Crippen LogP contribution in [-0.2, 0) is 6.54 Å². The number of carbonyl (C=O) groups excluding carboxylic acids is 1. The lowest BCUT2D eigenvalue weighted by Crippen LogP contribution is -2.39. The van der Waals surface area contributed by atoms with Crippen molar-refractivity contribution in [2.45, 2.75) is 32.9 Å². The Balaban J connectivity index is 2.08. The highest BCUT2D eigenvalue weighted by Gasteiger charge is 2.18. The van der Waals surface area contributed by atoms with Crippen molar-refractivity contribution in [1.82, 2.24) is 10.3 Å². The summed E-state index contributed by atoms with van der Waals surface area (Å²) in [6, 6.07) is 11.3. The Morgan fingerprint density at radius 3 is 2.67 bits per heavy atom. The monoisotopic (exact) mass is 327 g/mol. The van der Waals surface area contributed by atoms with E-state index in [0.717, 1.165) is 11.3 Å². The number of amides is 1. The second-order valence-electron chi connectivity index (χ2n) is 6.10. The van der Waals surface area contributed by atoms with E-state index in [-0.39, 0.29) is 24.5 Å². The second kappa shape index (κ2) is 9.03. The fraction of sp³-hybridized carbons (Fsp3) is 0.368. The molecule has 0 saturated carbocycles. The van der Waals surface area contributed by atoms with Gasteiger partial charge in [0.15, 0.2) is 0 Å². The number of para-hydroxylation sites is 1. The molecule has 2 rings (SSSR count). The van der Waals surface area contributed by atoms with Crippen LogP contribution >= 0.6 is 0 Å². The van der Waals surface area contributed by atoms with Crippen molar-refractivity contribution in [2.75, 3.05) is 11.9 Å². The molecule has 0 bridgehead atoms. The highest BCUT2D eigenvalue weighted by molar-refractivity contribution is 5.99. The molecule has 24 heavy (non-hydrogen) atoms. The maximum absolute atomic E-state index is 12.6. The second-order valence-corrected chi connectivity index (χ2v) is 6.10. The van der Waals surface area contributed by atoms with E-state index < -0.39 is 0 Å². The molecule has 1 heterocycles. The summed E-state index contributed by atoms with van der Waals surface area (Å²) >= 11 is 0. The number of pyridine rings is 1. The van der Waals surface area contributed by atoms with Crippen molar-refractivity contribution in [3.05, 3.63) is 59.9 Å². The number of aromatic nitrogens is 1. The van der Waals surface area contributed by atoms with E-state index in [0.29, 0.717) is 18.5 Å². The highest BCUT2D eigenvalue weighted by atomic mass is 16.3. The van der Waals surface area contributed by atoms with Gasteiger partial charge in [0.05, 0.1) is 5.56 Å². The topological polar surface area (TPSA) is 74.2 Å². The summed E-state index contributed by atoms with van der Waals surface area (Å²) in [5.74, 6) is 0.132. The Bertz CT molecular complexity index is 644. The lowest BCUT2D eigenvalue weighted by molar-refractivity contribution is 0.0917. The van der Waals surface area contributed by atoms with Gasteiger partial charge >= 0.3 is 0 Å². The van der Waals surface area contributed by atoms with E-state index in [2.05, 4.69) is 15.6 Å². The number of anilines is 1. The molecular formula is C19H25N3O2. The average Bonchev–Trinajstić information content (AvgIpc) is 2.60. The van der Waals surface area contributed by atoms with Crippen LogP contribution in [0.25, 0.3) is 0 Å². The average molecular weight is 327 g/mol. The molecule has 1 aromatic carbocycles. The Morgan fingerprint density at radius 1 is 1.21 bits per heavy atom. The van der Waals surface area contributed by atoms with Crippen molar-refractivity contribution in [1.29, 1.82) is 0 Å². The third-order valence-electron chi connectivity index (χ3n) is 3.94. The van der Waals surface area contributed by atoms with Gasteiger partial charge in [-0.1, -0.05) is 32.0 Å². The van der Waals surface area contributed by atoms with Gasteiger partial charge in [-0.3, -0.25) is 9.78 Å². The molecule has 5 heteroatoms. The Kier molecular flexibility index (Phi) is 6.75. The van der Waals surface area contributed by atoms with Crippen molar-refractivity contribution < 1.29 is 9.90 Å². The first-order chi connectivity index (χ1) is 11.6. The molecule has 1 unspecified atom stereocenters. The zero-order valence-electron chi connectivity index (χ0n) is 14.2. The van der Waals surface area contributed by atoms with Crippen LogP contribution in [0.2, 0.25) is 0 Å². The molecule has 1 amide bonds. The first kappa shape index (κ1) is 17.9. The maximum atomic E-state index is 12.6. The van der Waals surface area contributed by atoms with Gasteiger partial charge in [-0.05, 0) is 36.1 Å². The van der Waals surface area contributed by atoms with Crippen molar-refractivity contribution in [3.63, 3.8) is 0 Å². The summed E-state index contributed by atoms with van der Waals surface area (Å²) < 4.78 is 0. The third kappa shape index (κ3) is 5.06. The number of hydrogen-bond donors (Lipinski definition) is 3. The van der Waals surface area contributed by atoms with E-state index >= 15 is 0 Å². The molecule has 3 N–H and O–H groups in total. The quantitative estimate of drug-likeness (QED) is 0.697. The van der Waals surface area contributed by atoms with Crippen LogP contribution in [0.3, 0.4) is 0 Å². The fourth-order valence-electron chi connectivity index (χ4n) is 2.49. The van der Waals surface area contributed by atoms with Gasteiger partial charge in [0.2, 0.25) is 0 Å². The molecule has 0 aliphatic heterocycles. The van der Waals surface area contributed by atoms with E-state index in [9.17, 15) is 4.79 Å². The minimum absolute atomic E-state index is 0.0473. The first-order valence-corrected chi connectivity index (χ1v) is 8.25. The molecule has 0 radical (unpaired) electrons. The van der Waals surface area contributed by atoms with Crippen LogP contribution < -0.4 is 10.6 Å². The summed E-state index contributed by atoms with van der Waals surface area (Å²) in [6.07, 6.45) is 4.08. The number of aliphatic hydroxyl groups is 1. The molecule has 0 saturated heterocycles. The van der Waals surface area contributed by atoms with Gasteiger partial charge in [-0.15, -0.1) is 0 Å². The van der Waals surface area contributed by atoms with Crippen LogP contribution in [0.5, 0.6) is 0 Å². The molecule has 0 aliphatic carbocycles. The lowest BCUT2D eigenvalue weighted by atomic mass is 10.0. The predicted octanol–water partition coefficient (Wildman–Crippen LogP) is 2.83. The Labute approximate surface area is 143 Å². The molecule has 0 aliphatic rings. The van der Waals surface area contributed by atoms with Gasteiger partial charge in [-0.2, -0.15) is 0 Å². The van der Waals surface area contributed by atoms with Crippen LogP contribution in [0.1, 0.15) is 36.2 Å². The zero-order chi connectivity index (χ0) is 17.4. The van der Waals surface area contributed by atoms with Crippen LogP contribution in [0.4, 0.5) is 5.69 Å². The number of benzene rings is 1. The van der Waals surface area contributed by atoms with Crippen molar-refractivity contribution >= 4 is 11.6 Å². The third-order valence-corrected chi connectivity index (χ3v) is 3.94. The molecule has 1 aromatic heterocycles. The molecule has 0 fully saturated rings. The molecule has 5 nitrogen and oxygen atoms in total. The zero-order valence-corrected chi connectivity index (χ0v) is 14.2. The van der Waals surface area contributed by atoms with Crippen molar-refractivity contribution in [2.24, 2.45) is 5.92 Å². The van der Waals surface area contributed by atoms with Gasteiger partial charge in [0.25, 0.3) is 5.91 Å². The van der Waals surface area contributed by atoms with Gasteiger partial charge in [0, 0.05) is 37.3 Å². The minimum Gasteiger partial charge on any atom is -0.396 e. The van der Waals surface area contributed by atoms with E-state index in [4.69, 9.17) is 5.11 Å². The van der Waals surface area contributed by atoms with Crippen molar-refractivity contribution in [3.8, 4) is 0 Å². The largest absolute Gasteiger partial charge is 0.396 e. The van der Waals surface area contributed by atoms with Crippen LogP contribution in [0, 0.1) is 5.92 Å². The SMILES string of the molecule is CC(C)C(CCO)NC(=O)c1ccccc1NCc1cccnc1. The Hall–Kier alpha value is -2.40. The molecule has 0 spiro atoms. The fourth-order valence-corrected chi connectivity index (χ4v) is 2.49. The molecule has 128 valence electrons. The normalized spacial score (nSPS) is 12.0. The summed E-state index contributed by atoms with van der Waals surface area (Å²) in [6.45, 7) is 4.73. The number of aliphatic hydroxyl groups excluding tert-OH is 1. The number of rotatable bonds is 8. The summed E-state index contributed by atoms with van der Waals surface area (Å²) in [7, 11) is 0. The summed E-state index contributed by atoms with van der Waals surface area (Å²) in [4.78, 5) is 16.7. The van der Waals surface area contributed by atoms with E-state index in [1.54, 1.807) is 18.5 Å².